The Bertz CT molecular complexity index is 811. The van der Waals surface area contributed by atoms with Crippen LogP contribution in [-0.2, 0) is 7.05 Å². The Morgan fingerprint density at radius 2 is 2.00 bits per heavy atom. The molecule has 2 N–H and O–H groups in total. The van der Waals surface area contributed by atoms with E-state index in [1.807, 2.05) is 7.05 Å². The molecule has 2 heterocycles. The van der Waals surface area contributed by atoms with Crippen molar-refractivity contribution in [2.75, 3.05) is 6.54 Å². The minimum absolute atomic E-state index is 0.0554. The second kappa shape index (κ2) is 6.96. The Morgan fingerprint density at radius 1 is 1.23 bits per heavy atom. The van der Waals surface area contributed by atoms with E-state index in [0.717, 1.165) is 48.8 Å². The highest BCUT2D eigenvalue weighted by atomic mass is 19.3. The largest absolute Gasteiger partial charge is 0.435 e. The molecular formula is C19H24F2N4O. The number of hydrogen-bond donors (Lipinski definition) is 1. The lowest BCUT2D eigenvalue weighted by Crippen LogP contribution is -2.40. The minimum atomic E-state index is -2.83. The molecule has 2 aliphatic rings. The molecule has 7 heteroatoms. The first-order valence-corrected chi connectivity index (χ1v) is 9.12. The molecule has 1 unspecified atom stereocenters. The van der Waals surface area contributed by atoms with Crippen molar-refractivity contribution in [3.05, 3.63) is 36.0 Å². The molecule has 0 saturated heterocycles. The molecule has 1 aromatic heterocycles. The Balaban J connectivity index is 1.67. The quantitative estimate of drug-likeness (QED) is 0.848. The van der Waals surface area contributed by atoms with Crippen LogP contribution in [0, 0.1) is 0 Å². The Kier molecular flexibility index (Phi) is 4.67. The van der Waals surface area contributed by atoms with Gasteiger partial charge in [0.05, 0.1) is 17.3 Å². The zero-order valence-electron chi connectivity index (χ0n) is 14.8. The van der Waals surface area contributed by atoms with Gasteiger partial charge in [0.1, 0.15) is 5.75 Å². The first-order valence-electron chi connectivity index (χ1n) is 9.12. The van der Waals surface area contributed by atoms with Crippen LogP contribution in [0.15, 0.2) is 30.4 Å². The molecule has 1 aliphatic heterocycles. The highest BCUT2D eigenvalue weighted by Crippen LogP contribution is 2.37. The Labute approximate surface area is 151 Å². The summed E-state index contributed by atoms with van der Waals surface area (Å²) in [5.74, 6) is 0.166. The van der Waals surface area contributed by atoms with Crippen LogP contribution < -0.4 is 10.5 Å². The number of nitrogens with zero attached hydrogens (tertiary/aromatic N) is 3. The van der Waals surface area contributed by atoms with E-state index in [0.29, 0.717) is 12.1 Å². The van der Waals surface area contributed by atoms with Gasteiger partial charge in [-0.05, 0) is 43.9 Å². The highest BCUT2D eigenvalue weighted by molar-refractivity contribution is 5.84. The van der Waals surface area contributed by atoms with Gasteiger partial charge in [0, 0.05) is 31.1 Å². The van der Waals surface area contributed by atoms with Crippen molar-refractivity contribution in [3.63, 3.8) is 0 Å². The smallest absolute Gasteiger partial charge is 0.387 e. The van der Waals surface area contributed by atoms with E-state index in [1.54, 1.807) is 22.9 Å². The predicted molar refractivity (Wildman–Crippen MR) is 96.2 cm³/mol. The van der Waals surface area contributed by atoms with Crippen LogP contribution >= 0.6 is 0 Å². The maximum absolute atomic E-state index is 12.6. The summed E-state index contributed by atoms with van der Waals surface area (Å²) in [5, 5.41) is 5.57. The summed E-state index contributed by atoms with van der Waals surface area (Å²) >= 11 is 0. The lowest BCUT2D eigenvalue weighted by Gasteiger charge is -2.36. The second-order valence-corrected chi connectivity index (χ2v) is 7.20. The fourth-order valence-corrected chi connectivity index (χ4v) is 4.26. The predicted octanol–water partition coefficient (Wildman–Crippen LogP) is 3.36. The lowest BCUT2D eigenvalue weighted by atomic mass is 9.90. The number of aromatic nitrogens is 2. The van der Waals surface area contributed by atoms with Crippen LogP contribution in [0.1, 0.15) is 37.4 Å². The fourth-order valence-electron chi connectivity index (χ4n) is 4.26. The van der Waals surface area contributed by atoms with Gasteiger partial charge in [-0.15, -0.1) is 0 Å². The van der Waals surface area contributed by atoms with Gasteiger partial charge in [0.2, 0.25) is 0 Å². The molecule has 1 atom stereocenters. The van der Waals surface area contributed by atoms with Crippen molar-refractivity contribution in [3.8, 4) is 5.75 Å². The van der Waals surface area contributed by atoms with Gasteiger partial charge in [-0.1, -0.05) is 12.2 Å². The molecule has 0 bridgehead atoms. The van der Waals surface area contributed by atoms with E-state index in [2.05, 4.69) is 21.8 Å². The summed E-state index contributed by atoms with van der Waals surface area (Å²) < 4.78 is 31.6. The molecule has 1 saturated carbocycles. The van der Waals surface area contributed by atoms with Gasteiger partial charge >= 0.3 is 6.61 Å². The zero-order valence-corrected chi connectivity index (χ0v) is 14.8. The summed E-state index contributed by atoms with van der Waals surface area (Å²) in [5.41, 5.74) is 7.85. The van der Waals surface area contributed by atoms with Crippen LogP contribution in [0.25, 0.3) is 10.9 Å². The van der Waals surface area contributed by atoms with Gasteiger partial charge in [-0.3, -0.25) is 9.58 Å². The molecule has 26 heavy (non-hydrogen) atoms. The van der Waals surface area contributed by atoms with Crippen molar-refractivity contribution in [1.29, 1.82) is 0 Å². The number of ether oxygens (including phenoxy) is 1. The van der Waals surface area contributed by atoms with E-state index in [1.165, 1.54) is 0 Å². The monoisotopic (exact) mass is 362 g/mol. The van der Waals surface area contributed by atoms with E-state index < -0.39 is 6.61 Å². The molecule has 0 amide bonds. The second-order valence-electron chi connectivity index (χ2n) is 7.20. The standard InChI is InChI=1S/C19H24F2N4O/c1-24-16-9-8-14(26-19(20)21)11-15(16)18(23-24)17-3-2-10-25(17)13-6-4-12(22)5-7-13/h2-3,8-9,11-13,17,19H,4-7,10,22H2,1H3. The van der Waals surface area contributed by atoms with Crippen LogP contribution in [0.3, 0.4) is 0 Å². The van der Waals surface area contributed by atoms with Crippen LogP contribution in [-0.4, -0.2) is 39.9 Å². The molecule has 5 nitrogen and oxygen atoms in total. The van der Waals surface area contributed by atoms with Gasteiger partial charge < -0.3 is 10.5 Å². The van der Waals surface area contributed by atoms with Crippen LogP contribution in [0.2, 0.25) is 0 Å². The Morgan fingerprint density at radius 3 is 2.73 bits per heavy atom. The topological polar surface area (TPSA) is 56.3 Å². The first-order chi connectivity index (χ1) is 12.5. The maximum Gasteiger partial charge on any atom is 0.387 e. The molecule has 1 aromatic carbocycles. The molecule has 1 aliphatic carbocycles. The third kappa shape index (κ3) is 3.21. The van der Waals surface area contributed by atoms with E-state index in [4.69, 9.17) is 10.8 Å². The summed E-state index contributed by atoms with van der Waals surface area (Å²) in [7, 11) is 1.88. The average Bonchev–Trinajstić information content (AvgIpc) is 3.20. The number of hydrogen-bond acceptors (Lipinski definition) is 4. The molecule has 140 valence electrons. The SMILES string of the molecule is Cn1nc(C2C=CCN2C2CCC(N)CC2)c2cc(OC(F)F)ccc21. The van der Waals surface area contributed by atoms with Crippen LogP contribution in [0.5, 0.6) is 5.75 Å². The van der Waals surface area contributed by atoms with Crippen molar-refractivity contribution in [2.24, 2.45) is 12.8 Å². The number of nitrogens with two attached hydrogens (primary N) is 1. The molecule has 0 spiro atoms. The highest BCUT2D eigenvalue weighted by Gasteiger charge is 2.33. The molecular weight excluding hydrogens is 338 g/mol. The first kappa shape index (κ1) is 17.4. The molecule has 1 fully saturated rings. The zero-order chi connectivity index (χ0) is 18.3. The third-order valence-corrected chi connectivity index (χ3v) is 5.56. The molecule has 4 rings (SSSR count). The number of halogens is 2. The molecule has 0 radical (unpaired) electrons. The normalized spacial score (nSPS) is 26.9. The van der Waals surface area contributed by atoms with E-state index in [9.17, 15) is 8.78 Å². The summed E-state index contributed by atoms with van der Waals surface area (Å²) in [4.78, 5) is 2.45. The Hall–Kier alpha value is -1.99. The van der Waals surface area contributed by atoms with E-state index >= 15 is 0 Å². The van der Waals surface area contributed by atoms with Crippen molar-refractivity contribution in [2.45, 2.75) is 50.4 Å². The van der Waals surface area contributed by atoms with Gasteiger partial charge in [-0.25, -0.2) is 0 Å². The van der Waals surface area contributed by atoms with Crippen LogP contribution in [0.4, 0.5) is 8.78 Å². The number of rotatable bonds is 4. The van der Waals surface area contributed by atoms with Crippen molar-refractivity contribution in [1.82, 2.24) is 14.7 Å². The number of alkyl halides is 2. The van der Waals surface area contributed by atoms with Gasteiger partial charge in [-0.2, -0.15) is 13.9 Å². The van der Waals surface area contributed by atoms with Gasteiger partial charge in [0.25, 0.3) is 0 Å². The van der Waals surface area contributed by atoms with E-state index in [-0.39, 0.29) is 11.8 Å². The van der Waals surface area contributed by atoms with Crippen molar-refractivity contribution >= 4 is 10.9 Å². The summed E-state index contributed by atoms with van der Waals surface area (Å²) in [6, 6.07) is 5.86. The summed E-state index contributed by atoms with van der Waals surface area (Å²) in [6.07, 6.45) is 8.59. The van der Waals surface area contributed by atoms with Gasteiger partial charge in [0.15, 0.2) is 0 Å². The number of benzene rings is 1. The summed E-state index contributed by atoms with van der Waals surface area (Å²) in [6.45, 7) is -1.95. The van der Waals surface area contributed by atoms with Crippen molar-refractivity contribution < 1.29 is 13.5 Å². The molecule has 2 aromatic rings. The average molecular weight is 362 g/mol. The third-order valence-electron chi connectivity index (χ3n) is 5.56. The lowest BCUT2D eigenvalue weighted by molar-refractivity contribution is -0.0497. The fraction of sp³-hybridized carbons (Fsp3) is 0.526. The number of aryl methyl sites for hydroxylation is 1. The maximum atomic E-state index is 12.6. The number of fused-ring (bicyclic) bond motifs is 1. The minimum Gasteiger partial charge on any atom is -0.435 e.